The molecule has 0 bridgehead atoms. The summed E-state index contributed by atoms with van der Waals surface area (Å²) >= 11 is 0. The van der Waals surface area contributed by atoms with E-state index in [4.69, 9.17) is 0 Å². The maximum absolute atomic E-state index is 2.48. The minimum Gasteiger partial charge on any atom is -0.306 e. The largest absolute Gasteiger partial charge is 0.306 e. The van der Waals surface area contributed by atoms with Crippen LogP contribution in [0.1, 0.15) is 155 Å². The van der Waals surface area contributed by atoms with E-state index >= 15 is 0 Å². The lowest BCUT2D eigenvalue weighted by Gasteiger charge is -2.24. The summed E-state index contributed by atoms with van der Waals surface area (Å²) in [6, 6.07) is 0.814. The minimum atomic E-state index is 0.814. The predicted molar refractivity (Wildman–Crippen MR) is 140 cm³/mol. The molecule has 1 atom stereocenters. The first-order chi connectivity index (χ1) is 14.7. The first-order valence-corrected chi connectivity index (χ1v) is 14.0. The Morgan fingerprint density at radius 2 is 0.800 bits per heavy atom. The number of unbranched alkanes of at least 4 members (excludes halogenated alkanes) is 17. The molecular weight excluding hydrogens is 362 g/mol. The van der Waals surface area contributed by atoms with Crippen LogP contribution in [0.2, 0.25) is 0 Å². The molecule has 0 rings (SSSR count). The predicted octanol–water partition coefficient (Wildman–Crippen LogP) is 10.1. The second kappa shape index (κ2) is 25.0. The molecule has 0 saturated heterocycles. The molecule has 0 amide bonds. The molecular formula is C29H59N. The molecule has 0 saturated carbocycles. The molecule has 0 aromatic heterocycles. The van der Waals surface area contributed by atoms with Gasteiger partial charge in [-0.05, 0) is 52.6 Å². The van der Waals surface area contributed by atoms with Gasteiger partial charge in [0.15, 0.2) is 0 Å². The number of allylic oxidation sites excluding steroid dienone is 2. The van der Waals surface area contributed by atoms with E-state index in [9.17, 15) is 0 Å². The van der Waals surface area contributed by atoms with Crippen LogP contribution in [0.25, 0.3) is 0 Å². The van der Waals surface area contributed by atoms with E-state index in [2.05, 4.69) is 45.0 Å². The van der Waals surface area contributed by atoms with E-state index in [1.165, 1.54) is 141 Å². The zero-order chi connectivity index (χ0) is 22.1. The van der Waals surface area contributed by atoms with Gasteiger partial charge in [-0.3, -0.25) is 0 Å². The Balaban J connectivity index is 3.43. The monoisotopic (exact) mass is 421 g/mol. The van der Waals surface area contributed by atoms with Gasteiger partial charge in [0.1, 0.15) is 0 Å². The van der Waals surface area contributed by atoms with Crippen molar-refractivity contribution >= 4 is 0 Å². The van der Waals surface area contributed by atoms with Crippen LogP contribution in [-0.4, -0.2) is 25.0 Å². The van der Waals surface area contributed by atoms with Crippen LogP contribution in [0.3, 0.4) is 0 Å². The Labute approximate surface area is 192 Å². The molecule has 0 spiro atoms. The van der Waals surface area contributed by atoms with Crippen molar-refractivity contribution in [2.24, 2.45) is 0 Å². The van der Waals surface area contributed by atoms with Gasteiger partial charge in [-0.25, -0.2) is 0 Å². The van der Waals surface area contributed by atoms with Gasteiger partial charge in [0, 0.05) is 6.04 Å². The second-order valence-electron chi connectivity index (χ2n) is 9.90. The highest BCUT2D eigenvalue weighted by Gasteiger charge is 2.10. The SMILES string of the molecule is CCCCCC/C=C/CCCCCCCCCC(CCCCCCCCC)N(C)C. The lowest BCUT2D eigenvalue weighted by atomic mass is 9.99. The zero-order valence-electron chi connectivity index (χ0n) is 21.7. The topological polar surface area (TPSA) is 3.24 Å². The van der Waals surface area contributed by atoms with Crippen LogP contribution in [-0.2, 0) is 0 Å². The van der Waals surface area contributed by atoms with Crippen LogP contribution < -0.4 is 0 Å². The van der Waals surface area contributed by atoms with E-state index in [0.29, 0.717) is 0 Å². The Morgan fingerprint density at radius 1 is 0.467 bits per heavy atom. The van der Waals surface area contributed by atoms with E-state index < -0.39 is 0 Å². The van der Waals surface area contributed by atoms with Crippen molar-refractivity contribution in [2.45, 2.75) is 161 Å². The maximum Gasteiger partial charge on any atom is 0.00891 e. The lowest BCUT2D eigenvalue weighted by Crippen LogP contribution is -2.27. The van der Waals surface area contributed by atoms with Crippen LogP contribution in [0.15, 0.2) is 12.2 Å². The zero-order valence-corrected chi connectivity index (χ0v) is 21.7. The van der Waals surface area contributed by atoms with E-state index in [1.807, 2.05) is 0 Å². The van der Waals surface area contributed by atoms with Gasteiger partial charge >= 0.3 is 0 Å². The number of nitrogens with zero attached hydrogens (tertiary/aromatic N) is 1. The number of hydrogen-bond donors (Lipinski definition) is 0. The third-order valence-corrected chi connectivity index (χ3v) is 6.67. The average Bonchev–Trinajstić information content (AvgIpc) is 2.74. The fourth-order valence-corrected chi connectivity index (χ4v) is 4.45. The molecule has 30 heavy (non-hydrogen) atoms. The molecule has 0 aliphatic heterocycles. The lowest BCUT2D eigenvalue weighted by molar-refractivity contribution is 0.251. The molecule has 0 aromatic rings. The molecule has 1 unspecified atom stereocenters. The molecule has 0 N–H and O–H groups in total. The van der Waals surface area contributed by atoms with Crippen LogP contribution in [0.5, 0.6) is 0 Å². The van der Waals surface area contributed by atoms with Crippen molar-refractivity contribution < 1.29 is 0 Å². The van der Waals surface area contributed by atoms with Gasteiger partial charge in [-0.2, -0.15) is 0 Å². The normalized spacial score (nSPS) is 13.0. The molecule has 0 aromatic carbocycles. The highest BCUT2D eigenvalue weighted by Crippen LogP contribution is 2.17. The fourth-order valence-electron chi connectivity index (χ4n) is 4.45. The van der Waals surface area contributed by atoms with Crippen LogP contribution in [0, 0.1) is 0 Å². The molecule has 0 heterocycles. The standard InChI is InChI=1S/C29H59N/c1-5-7-9-11-13-14-15-16-17-18-19-20-22-24-26-28-29(30(3)4)27-25-23-21-12-10-8-6-2/h14-15,29H,5-13,16-28H2,1-4H3/b15-14+. The summed E-state index contributed by atoms with van der Waals surface area (Å²) in [6.07, 6.45) is 35.9. The Kier molecular flexibility index (Phi) is 24.7. The molecule has 1 nitrogen and oxygen atoms in total. The summed E-state index contributed by atoms with van der Waals surface area (Å²) in [6.45, 7) is 4.59. The summed E-state index contributed by atoms with van der Waals surface area (Å²) in [5, 5.41) is 0. The van der Waals surface area contributed by atoms with Crippen molar-refractivity contribution in [1.82, 2.24) is 4.90 Å². The summed E-state index contributed by atoms with van der Waals surface area (Å²) < 4.78 is 0. The Bertz CT molecular complexity index is 333. The quantitative estimate of drug-likeness (QED) is 0.111. The first kappa shape index (κ1) is 29.7. The van der Waals surface area contributed by atoms with E-state index in [-0.39, 0.29) is 0 Å². The van der Waals surface area contributed by atoms with Crippen molar-refractivity contribution in [2.75, 3.05) is 14.1 Å². The van der Waals surface area contributed by atoms with Crippen LogP contribution >= 0.6 is 0 Å². The first-order valence-electron chi connectivity index (χ1n) is 14.0. The molecule has 0 radical (unpaired) electrons. The smallest absolute Gasteiger partial charge is 0.00891 e. The van der Waals surface area contributed by atoms with Crippen molar-refractivity contribution in [1.29, 1.82) is 0 Å². The highest BCUT2D eigenvalue weighted by molar-refractivity contribution is 4.81. The highest BCUT2D eigenvalue weighted by atomic mass is 15.1. The molecule has 0 aliphatic carbocycles. The van der Waals surface area contributed by atoms with Crippen molar-refractivity contribution in [3.05, 3.63) is 12.2 Å². The van der Waals surface area contributed by atoms with Gasteiger partial charge in [0.2, 0.25) is 0 Å². The summed E-state index contributed by atoms with van der Waals surface area (Å²) in [7, 11) is 4.57. The maximum atomic E-state index is 2.48. The summed E-state index contributed by atoms with van der Waals surface area (Å²) in [5.41, 5.74) is 0. The third kappa shape index (κ3) is 22.4. The van der Waals surface area contributed by atoms with Gasteiger partial charge in [0.05, 0.1) is 0 Å². The fraction of sp³-hybridized carbons (Fsp3) is 0.931. The molecule has 1 heteroatoms. The van der Waals surface area contributed by atoms with Crippen LogP contribution in [0.4, 0.5) is 0 Å². The number of rotatable bonds is 24. The average molecular weight is 422 g/mol. The van der Waals surface area contributed by atoms with Gasteiger partial charge in [0.25, 0.3) is 0 Å². The minimum absolute atomic E-state index is 0.814. The van der Waals surface area contributed by atoms with Crippen molar-refractivity contribution in [3.63, 3.8) is 0 Å². The second-order valence-corrected chi connectivity index (χ2v) is 9.90. The van der Waals surface area contributed by atoms with Gasteiger partial charge in [-0.1, -0.05) is 129 Å². The van der Waals surface area contributed by atoms with E-state index in [1.54, 1.807) is 0 Å². The number of hydrogen-bond acceptors (Lipinski definition) is 1. The molecule has 0 fully saturated rings. The van der Waals surface area contributed by atoms with E-state index in [0.717, 1.165) is 6.04 Å². The third-order valence-electron chi connectivity index (χ3n) is 6.67. The Hall–Kier alpha value is -0.300. The van der Waals surface area contributed by atoms with Gasteiger partial charge < -0.3 is 4.90 Å². The summed E-state index contributed by atoms with van der Waals surface area (Å²) in [5.74, 6) is 0. The van der Waals surface area contributed by atoms with Gasteiger partial charge in [-0.15, -0.1) is 0 Å². The Morgan fingerprint density at radius 3 is 1.20 bits per heavy atom. The van der Waals surface area contributed by atoms with Crippen molar-refractivity contribution in [3.8, 4) is 0 Å². The molecule has 180 valence electrons. The molecule has 0 aliphatic rings. The summed E-state index contributed by atoms with van der Waals surface area (Å²) in [4.78, 5) is 2.48.